The number of rotatable bonds is 7. The summed E-state index contributed by atoms with van der Waals surface area (Å²) in [5.74, 6) is 1.37. The molecule has 1 aliphatic carbocycles. The van der Waals surface area contributed by atoms with E-state index in [0.29, 0.717) is 30.5 Å². The number of nitrogens with one attached hydrogen (secondary N) is 1. The second-order valence-corrected chi connectivity index (χ2v) is 7.28. The van der Waals surface area contributed by atoms with Crippen LogP contribution in [0.25, 0.3) is 0 Å². The van der Waals surface area contributed by atoms with Gasteiger partial charge in [-0.15, -0.1) is 0 Å². The summed E-state index contributed by atoms with van der Waals surface area (Å²) in [6, 6.07) is 0.433. The van der Waals surface area contributed by atoms with Gasteiger partial charge in [-0.25, -0.2) is 0 Å². The van der Waals surface area contributed by atoms with Crippen LogP contribution < -0.4 is 11.1 Å². The van der Waals surface area contributed by atoms with Crippen molar-refractivity contribution in [2.24, 2.45) is 23.0 Å². The molecule has 0 aromatic rings. The van der Waals surface area contributed by atoms with Gasteiger partial charge < -0.3 is 11.1 Å². The van der Waals surface area contributed by atoms with Crippen LogP contribution in [0.1, 0.15) is 53.4 Å². The molecule has 3 unspecified atom stereocenters. The van der Waals surface area contributed by atoms with Crippen LogP contribution in [0, 0.1) is 17.3 Å². The highest BCUT2D eigenvalue weighted by Gasteiger charge is 2.38. The SMILES string of the molecule is CCNC(=O)CN(C)C1CC(C(C)(C)CC)CCC1CN. The Labute approximate surface area is 130 Å². The number of hydrogen-bond donors (Lipinski definition) is 2. The number of amides is 1. The molecule has 0 spiro atoms. The number of nitrogens with two attached hydrogens (primary N) is 1. The van der Waals surface area contributed by atoms with E-state index in [0.717, 1.165) is 12.5 Å². The zero-order chi connectivity index (χ0) is 16.0. The molecular weight excluding hydrogens is 262 g/mol. The van der Waals surface area contributed by atoms with E-state index in [1.54, 1.807) is 0 Å². The molecule has 0 aromatic heterocycles. The van der Waals surface area contributed by atoms with Crippen LogP contribution in [-0.2, 0) is 4.79 Å². The Kier molecular flexibility index (Phi) is 7.14. The van der Waals surface area contributed by atoms with E-state index in [-0.39, 0.29) is 5.91 Å². The average Bonchev–Trinajstić information content (AvgIpc) is 2.46. The van der Waals surface area contributed by atoms with Crippen molar-refractivity contribution in [3.63, 3.8) is 0 Å². The lowest BCUT2D eigenvalue weighted by Crippen LogP contribution is -2.50. The fraction of sp³-hybridized carbons (Fsp3) is 0.941. The van der Waals surface area contributed by atoms with Gasteiger partial charge in [-0.2, -0.15) is 0 Å². The molecule has 4 heteroatoms. The van der Waals surface area contributed by atoms with E-state index in [2.05, 4.69) is 38.0 Å². The van der Waals surface area contributed by atoms with Crippen molar-refractivity contribution in [3.05, 3.63) is 0 Å². The Bertz CT molecular complexity index is 330. The highest BCUT2D eigenvalue weighted by Crippen LogP contribution is 2.43. The Morgan fingerprint density at radius 3 is 2.52 bits per heavy atom. The molecule has 0 aliphatic heterocycles. The number of likely N-dealkylation sites (N-methyl/N-ethyl adjacent to an activating group) is 2. The van der Waals surface area contributed by atoms with Gasteiger partial charge >= 0.3 is 0 Å². The van der Waals surface area contributed by atoms with Gasteiger partial charge in [-0.1, -0.05) is 27.2 Å². The van der Waals surface area contributed by atoms with Gasteiger partial charge in [0.1, 0.15) is 0 Å². The molecule has 1 amide bonds. The Morgan fingerprint density at radius 1 is 1.33 bits per heavy atom. The summed E-state index contributed by atoms with van der Waals surface area (Å²) in [6.45, 7) is 10.9. The maximum atomic E-state index is 11.8. The third kappa shape index (κ3) is 4.96. The first-order valence-corrected chi connectivity index (χ1v) is 8.52. The highest BCUT2D eigenvalue weighted by atomic mass is 16.2. The molecule has 0 aromatic carbocycles. The number of carbonyl (C=O) groups is 1. The van der Waals surface area contributed by atoms with Crippen molar-refractivity contribution >= 4 is 5.91 Å². The van der Waals surface area contributed by atoms with Crippen LogP contribution in [0.4, 0.5) is 0 Å². The average molecular weight is 297 g/mol. The monoisotopic (exact) mass is 297 g/mol. The standard InChI is InChI=1S/C17H35N3O/c1-6-17(3,4)14-9-8-13(11-18)15(10-14)20(5)12-16(21)19-7-2/h13-15H,6-12,18H2,1-5H3,(H,19,21). The fourth-order valence-electron chi connectivity index (χ4n) is 3.62. The smallest absolute Gasteiger partial charge is 0.234 e. The summed E-state index contributed by atoms with van der Waals surface area (Å²) in [7, 11) is 2.07. The summed E-state index contributed by atoms with van der Waals surface area (Å²) in [5, 5.41) is 2.89. The van der Waals surface area contributed by atoms with Crippen LogP contribution in [0.2, 0.25) is 0 Å². The van der Waals surface area contributed by atoms with Crippen molar-refractivity contribution < 1.29 is 4.79 Å². The first kappa shape index (κ1) is 18.4. The van der Waals surface area contributed by atoms with Gasteiger partial charge in [-0.05, 0) is 57.0 Å². The van der Waals surface area contributed by atoms with Gasteiger partial charge in [0.15, 0.2) is 0 Å². The summed E-state index contributed by atoms with van der Waals surface area (Å²) in [6.07, 6.45) is 4.83. The third-order valence-electron chi connectivity index (χ3n) is 5.61. The van der Waals surface area contributed by atoms with E-state index >= 15 is 0 Å². The quantitative estimate of drug-likeness (QED) is 0.757. The molecule has 4 nitrogen and oxygen atoms in total. The lowest BCUT2D eigenvalue weighted by Gasteiger charge is -2.45. The minimum Gasteiger partial charge on any atom is -0.355 e. The Hall–Kier alpha value is -0.610. The zero-order valence-electron chi connectivity index (χ0n) is 14.6. The van der Waals surface area contributed by atoms with E-state index in [9.17, 15) is 4.79 Å². The summed E-state index contributed by atoms with van der Waals surface area (Å²) in [5.41, 5.74) is 6.36. The molecule has 1 aliphatic rings. The fourth-order valence-corrected chi connectivity index (χ4v) is 3.62. The normalized spacial score (nSPS) is 26.9. The number of carbonyl (C=O) groups excluding carboxylic acids is 1. The van der Waals surface area contributed by atoms with E-state index in [1.807, 2.05) is 6.92 Å². The lowest BCUT2D eigenvalue weighted by atomic mass is 9.65. The van der Waals surface area contributed by atoms with Crippen LogP contribution in [0.5, 0.6) is 0 Å². The minimum atomic E-state index is 0.118. The van der Waals surface area contributed by atoms with Gasteiger partial charge in [0.2, 0.25) is 5.91 Å². The van der Waals surface area contributed by atoms with Crippen LogP contribution >= 0.6 is 0 Å². The van der Waals surface area contributed by atoms with E-state index in [1.165, 1.54) is 25.7 Å². The maximum Gasteiger partial charge on any atom is 0.234 e. The van der Waals surface area contributed by atoms with Crippen molar-refractivity contribution in [2.75, 3.05) is 26.7 Å². The van der Waals surface area contributed by atoms with Crippen molar-refractivity contribution in [1.29, 1.82) is 0 Å². The molecule has 3 atom stereocenters. The molecule has 21 heavy (non-hydrogen) atoms. The van der Waals surface area contributed by atoms with E-state index in [4.69, 9.17) is 5.73 Å². The zero-order valence-corrected chi connectivity index (χ0v) is 14.6. The Balaban J connectivity index is 2.72. The minimum absolute atomic E-state index is 0.118. The molecule has 1 fully saturated rings. The molecule has 3 N–H and O–H groups in total. The molecule has 0 radical (unpaired) electrons. The Morgan fingerprint density at radius 2 is 2.00 bits per heavy atom. The van der Waals surface area contributed by atoms with E-state index < -0.39 is 0 Å². The molecule has 124 valence electrons. The predicted molar refractivity (Wildman–Crippen MR) is 89.1 cm³/mol. The van der Waals surface area contributed by atoms with Gasteiger partial charge in [-0.3, -0.25) is 9.69 Å². The largest absolute Gasteiger partial charge is 0.355 e. The molecule has 0 heterocycles. The van der Waals surface area contributed by atoms with Crippen LogP contribution in [0.3, 0.4) is 0 Å². The van der Waals surface area contributed by atoms with Gasteiger partial charge in [0.05, 0.1) is 6.54 Å². The second-order valence-electron chi connectivity index (χ2n) is 7.28. The molecular formula is C17H35N3O. The molecule has 0 bridgehead atoms. The first-order valence-electron chi connectivity index (χ1n) is 8.52. The summed E-state index contributed by atoms with van der Waals surface area (Å²) < 4.78 is 0. The maximum absolute atomic E-state index is 11.8. The number of hydrogen-bond acceptors (Lipinski definition) is 3. The van der Waals surface area contributed by atoms with Crippen molar-refractivity contribution in [1.82, 2.24) is 10.2 Å². The summed E-state index contributed by atoms with van der Waals surface area (Å²) in [4.78, 5) is 14.1. The van der Waals surface area contributed by atoms with Crippen LogP contribution in [-0.4, -0.2) is 43.5 Å². The van der Waals surface area contributed by atoms with Crippen molar-refractivity contribution in [3.8, 4) is 0 Å². The molecule has 1 rings (SSSR count). The number of nitrogens with zero attached hydrogens (tertiary/aromatic N) is 1. The highest BCUT2D eigenvalue weighted by molar-refractivity contribution is 5.77. The topological polar surface area (TPSA) is 58.4 Å². The summed E-state index contributed by atoms with van der Waals surface area (Å²) >= 11 is 0. The molecule has 0 saturated heterocycles. The van der Waals surface area contributed by atoms with Crippen LogP contribution in [0.15, 0.2) is 0 Å². The lowest BCUT2D eigenvalue weighted by molar-refractivity contribution is -0.123. The molecule has 1 saturated carbocycles. The first-order chi connectivity index (χ1) is 9.85. The van der Waals surface area contributed by atoms with Gasteiger partial charge in [0, 0.05) is 12.6 Å². The second kappa shape index (κ2) is 8.14. The van der Waals surface area contributed by atoms with Gasteiger partial charge in [0.25, 0.3) is 0 Å². The third-order valence-corrected chi connectivity index (χ3v) is 5.61. The predicted octanol–water partition coefficient (Wildman–Crippen LogP) is 2.23. The van der Waals surface area contributed by atoms with Crippen molar-refractivity contribution in [2.45, 2.75) is 59.4 Å².